The van der Waals surface area contributed by atoms with Gasteiger partial charge in [0, 0.05) is 15.1 Å². The number of ether oxygens (including phenoxy) is 1. The summed E-state index contributed by atoms with van der Waals surface area (Å²) >= 11 is 10.7. The highest BCUT2D eigenvalue weighted by molar-refractivity contribution is 9.10. The van der Waals surface area contributed by atoms with E-state index in [9.17, 15) is 9.59 Å². The number of carbonyl (C=O) groups is 1. The van der Waals surface area contributed by atoms with Crippen molar-refractivity contribution in [2.24, 2.45) is 0 Å². The van der Waals surface area contributed by atoms with Gasteiger partial charge in [-0.2, -0.15) is 0 Å². The number of hydrogen-bond acceptors (Lipinski definition) is 5. The van der Waals surface area contributed by atoms with Gasteiger partial charge in [0.1, 0.15) is 17.0 Å². The number of aromatic nitrogens is 2. The zero-order valence-corrected chi connectivity index (χ0v) is 20.9. The number of nitrogens with one attached hydrogen (secondary N) is 1. The largest absolute Gasteiger partial charge is 0.496 e. The third-order valence-corrected chi connectivity index (χ3v) is 7.14. The summed E-state index contributed by atoms with van der Waals surface area (Å²) in [6.07, 6.45) is 0. The highest BCUT2D eigenvalue weighted by Crippen LogP contribution is 2.26. The van der Waals surface area contributed by atoms with Crippen molar-refractivity contribution in [3.63, 3.8) is 0 Å². The summed E-state index contributed by atoms with van der Waals surface area (Å²) in [5.41, 5.74) is 1.77. The molecule has 0 saturated heterocycles. The molecule has 0 aliphatic heterocycles. The highest BCUT2D eigenvalue weighted by Gasteiger charge is 2.14. The van der Waals surface area contributed by atoms with E-state index in [0.717, 1.165) is 9.37 Å². The van der Waals surface area contributed by atoms with Crippen LogP contribution in [0.1, 0.15) is 5.82 Å². The normalized spacial score (nSPS) is 10.9. The molecule has 0 aliphatic rings. The smallest absolute Gasteiger partial charge is 0.269 e. The van der Waals surface area contributed by atoms with Gasteiger partial charge in [-0.1, -0.05) is 17.7 Å². The van der Waals surface area contributed by atoms with E-state index in [1.54, 1.807) is 41.8 Å². The second-order valence-corrected chi connectivity index (χ2v) is 9.42. The Morgan fingerprint density at radius 2 is 1.94 bits per heavy atom. The van der Waals surface area contributed by atoms with Crippen LogP contribution in [-0.4, -0.2) is 28.3 Å². The third kappa shape index (κ3) is 5.08. The second kappa shape index (κ2) is 9.99. The number of anilines is 1. The van der Waals surface area contributed by atoms with Gasteiger partial charge in [-0.05, 0) is 77.5 Å². The standard InChI is InChI=1S/C24H19BrClN3O3S/c1-14-27-20-4-3-5-21(32-2)23(20)24(31)29(14)16-7-9-17(10-8-16)33-13-22(30)28-15-6-11-19(26)18(25)12-15/h3-12H,13H2,1-2H3,(H,28,30). The first-order chi connectivity index (χ1) is 15.9. The number of nitrogens with zero attached hydrogens (tertiary/aromatic N) is 2. The molecule has 6 nitrogen and oxygen atoms in total. The van der Waals surface area contributed by atoms with Crippen molar-refractivity contribution in [3.05, 3.63) is 86.3 Å². The van der Waals surface area contributed by atoms with Crippen LogP contribution in [0, 0.1) is 6.92 Å². The van der Waals surface area contributed by atoms with Crippen LogP contribution in [0.5, 0.6) is 5.75 Å². The molecule has 3 aromatic carbocycles. The molecule has 1 amide bonds. The average molecular weight is 545 g/mol. The van der Waals surface area contributed by atoms with Crippen molar-refractivity contribution in [2.45, 2.75) is 11.8 Å². The number of thioether (sulfide) groups is 1. The number of benzene rings is 3. The fourth-order valence-corrected chi connectivity index (χ4v) is 4.59. The van der Waals surface area contributed by atoms with Gasteiger partial charge >= 0.3 is 0 Å². The number of halogens is 2. The van der Waals surface area contributed by atoms with Crippen LogP contribution in [0.15, 0.2) is 74.8 Å². The van der Waals surface area contributed by atoms with E-state index in [4.69, 9.17) is 16.3 Å². The Balaban J connectivity index is 1.50. The third-order valence-electron chi connectivity index (χ3n) is 4.92. The van der Waals surface area contributed by atoms with E-state index in [0.29, 0.717) is 38.9 Å². The van der Waals surface area contributed by atoms with E-state index >= 15 is 0 Å². The molecule has 9 heteroatoms. The molecule has 4 rings (SSSR count). The molecule has 4 aromatic rings. The Morgan fingerprint density at radius 3 is 2.64 bits per heavy atom. The minimum Gasteiger partial charge on any atom is -0.496 e. The fraction of sp³-hybridized carbons (Fsp3) is 0.125. The van der Waals surface area contributed by atoms with Crippen LogP contribution in [-0.2, 0) is 4.79 Å². The zero-order chi connectivity index (χ0) is 23.5. The van der Waals surface area contributed by atoms with Crippen LogP contribution in [0.2, 0.25) is 5.02 Å². The van der Waals surface area contributed by atoms with Gasteiger partial charge in [0.15, 0.2) is 0 Å². The molecule has 1 heterocycles. The summed E-state index contributed by atoms with van der Waals surface area (Å²) in [7, 11) is 1.53. The molecule has 0 atom stereocenters. The minimum atomic E-state index is -0.191. The second-order valence-electron chi connectivity index (χ2n) is 7.11. The van der Waals surface area contributed by atoms with Gasteiger partial charge in [-0.15, -0.1) is 11.8 Å². The number of methoxy groups -OCH3 is 1. The van der Waals surface area contributed by atoms with E-state index in [-0.39, 0.29) is 17.2 Å². The minimum absolute atomic E-state index is 0.129. The lowest BCUT2D eigenvalue weighted by molar-refractivity contribution is -0.113. The predicted octanol–water partition coefficient (Wildman–Crippen LogP) is 5.85. The maximum Gasteiger partial charge on any atom is 0.269 e. The summed E-state index contributed by atoms with van der Waals surface area (Å²) in [5, 5.41) is 3.87. The summed E-state index contributed by atoms with van der Waals surface area (Å²) < 4.78 is 7.64. The first kappa shape index (κ1) is 23.4. The van der Waals surface area contributed by atoms with E-state index in [2.05, 4.69) is 26.2 Å². The lowest BCUT2D eigenvalue weighted by atomic mass is 10.2. The van der Waals surface area contributed by atoms with E-state index in [1.165, 1.54) is 18.9 Å². The molecule has 0 bridgehead atoms. The Morgan fingerprint density at radius 1 is 1.18 bits per heavy atom. The van der Waals surface area contributed by atoms with Crippen molar-refractivity contribution in [1.82, 2.24) is 9.55 Å². The Labute approximate surface area is 208 Å². The van der Waals surface area contributed by atoms with Crippen molar-refractivity contribution in [3.8, 4) is 11.4 Å². The average Bonchev–Trinajstić information content (AvgIpc) is 2.80. The van der Waals surface area contributed by atoms with Crippen molar-refractivity contribution < 1.29 is 9.53 Å². The molecule has 1 aromatic heterocycles. The van der Waals surface area contributed by atoms with Crippen LogP contribution in [0.4, 0.5) is 5.69 Å². The Kier molecular flexibility index (Phi) is 7.07. The molecule has 0 aliphatic carbocycles. The first-order valence-corrected chi connectivity index (χ1v) is 12.1. The van der Waals surface area contributed by atoms with Gasteiger partial charge in [0.2, 0.25) is 5.91 Å². The fourth-order valence-electron chi connectivity index (χ4n) is 3.40. The predicted molar refractivity (Wildman–Crippen MR) is 137 cm³/mol. The van der Waals surface area contributed by atoms with Crippen LogP contribution in [0.3, 0.4) is 0 Å². The number of fused-ring (bicyclic) bond motifs is 1. The maximum absolute atomic E-state index is 13.2. The SMILES string of the molecule is COc1cccc2nc(C)n(-c3ccc(SCC(=O)Nc4ccc(Cl)c(Br)c4)cc3)c(=O)c12. The number of carbonyl (C=O) groups excluding carboxylic acids is 1. The highest BCUT2D eigenvalue weighted by atomic mass is 79.9. The molecule has 1 N–H and O–H groups in total. The summed E-state index contributed by atoms with van der Waals surface area (Å²) in [4.78, 5) is 31.0. The number of rotatable bonds is 6. The summed E-state index contributed by atoms with van der Waals surface area (Å²) in [6, 6.07) is 18.0. The van der Waals surface area contributed by atoms with Gasteiger partial charge in [0.25, 0.3) is 5.56 Å². The number of amides is 1. The van der Waals surface area contributed by atoms with Gasteiger partial charge in [0.05, 0.1) is 29.1 Å². The number of aryl methyl sites for hydroxylation is 1. The van der Waals surface area contributed by atoms with Crippen molar-refractivity contribution >= 4 is 61.8 Å². The van der Waals surface area contributed by atoms with Crippen LogP contribution >= 0.6 is 39.3 Å². The van der Waals surface area contributed by atoms with Gasteiger partial charge in [-0.3, -0.25) is 14.2 Å². The molecule has 0 radical (unpaired) electrons. The zero-order valence-electron chi connectivity index (χ0n) is 17.8. The van der Waals surface area contributed by atoms with E-state index < -0.39 is 0 Å². The van der Waals surface area contributed by atoms with Crippen LogP contribution in [0.25, 0.3) is 16.6 Å². The molecule has 0 saturated carbocycles. The van der Waals surface area contributed by atoms with Gasteiger partial charge in [-0.25, -0.2) is 4.98 Å². The molecule has 33 heavy (non-hydrogen) atoms. The van der Waals surface area contributed by atoms with Gasteiger partial charge < -0.3 is 10.1 Å². The lowest BCUT2D eigenvalue weighted by Gasteiger charge is -2.13. The lowest BCUT2D eigenvalue weighted by Crippen LogP contribution is -2.22. The molecule has 0 unspecified atom stereocenters. The summed E-state index contributed by atoms with van der Waals surface area (Å²) in [6.45, 7) is 1.79. The quantitative estimate of drug-likeness (QED) is 0.308. The molecule has 0 fully saturated rings. The van der Waals surface area contributed by atoms with Crippen molar-refractivity contribution in [2.75, 3.05) is 18.2 Å². The molecular formula is C24H19BrClN3O3S. The molecule has 0 spiro atoms. The molecule has 168 valence electrons. The number of hydrogen-bond donors (Lipinski definition) is 1. The first-order valence-electron chi connectivity index (χ1n) is 9.92. The van der Waals surface area contributed by atoms with Crippen LogP contribution < -0.4 is 15.6 Å². The Bertz CT molecular complexity index is 1410. The van der Waals surface area contributed by atoms with Crippen molar-refractivity contribution in [1.29, 1.82) is 0 Å². The molecular weight excluding hydrogens is 526 g/mol. The topological polar surface area (TPSA) is 73.2 Å². The Hall–Kier alpha value is -2.81. The monoisotopic (exact) mass is 543 g/mol. The van der Waals surface area contributed by atoms with E-state index in [1.807, 2.05) is 30.3 Å². The maximum atomic E-state index is 13.2. The summed E-state index contributed by atoms with van der Waals surface area (Å²) in [5.74, 6) is 1.18.